The van der Waals surface area contributed by atoms with Crippen molar-refractivity contribution in [3.63, 3.8) is 0 Å². The lowest BCUT2D eigenvalue weighted by Gasteiger charge is -2.26. The molecule has 1 aromatic rings. The fraction of sp³-hybridized carbons (Fsp3) is 0.500. The first kappa shape index (κ1) is 13.8. The summed E-state index contributed by atoms with van der Waals surface area (Å²) in [6.45, 7) is 3.20. The van der Waals surface area contributed by atoms with Crippen LogP contribution in [0, 0.1) is 5.92 Å². The van der Waals surface area contributed by atoms with Gasteiger partial charge in [0.15, 0.2) is 0 Å². The van der Waals surface area contributed by atoms with Crippen molar-refractivity contribution in [2.45, 2.75) is 13.0 Å². The van der Waals surface area contributed by atoms with E-state index in [1.165, 1.54) is 0 Å². The van der Waals surface area contributed by atoms with Gasteiger partial charge in [0, 0.05) is 13.1 Å². The Kier molecular flexibility index (Phi) is 4.39. The van der Waals surface area contributed by atoms with Crippen molar-refractivity contribution in [2.24, 2.45) is 5.92 Å². The molecule has 1 amide bonds. The van der Waals surface area contributed by atoms with Crippen molar-refractivity contribution in [1.29, 1.82) is 0 Å². The Balaban J connectivity index is 2.36. The maximum absolute atomic E-state index is 12.4. The third-order valence-corrected chi connectivity index (χ3v) is 3.33. The Morgan fingerprint density at radius 2 is 2.21 bits per heavy atom. The summed E-state index contributed by atoms with van der Waals surface area (Å²) in [6, 6.07) is 6.90. The van der Waals surface area contributed by atoms with Crippen LogP contribution in [0.15, 0.2) is 24.3 Å². The number of hydrogen-bond acceptors (Lipinski definition) is 4. The first-order valence-corrected chi connectivity index (χ1v) is 6.46. The second kappa shape index (κ2) is 6.04. The minimum Gasteiger partial charge on any atom is -0.495 e. The highest BCUT2D eigenvalue weighted by Crippen LogP contribution is 2.29. The molecule has 2 atom stereocenters. The van der Waals surface area contributed by atoms with Crippen molar-refractivity contribution in [3.05, 3.63) is 24.3 Å². The Hall–Kier alpha value is -1.59. The number of nitrogens with zero attached hydrogens (tertiary/aromatic N) is 1. The first-order chi connectivity index (χ1) is 9.17. The molecule has 0 radical (unpaired) electrons. The molecule has 0 spiro atoms. The zero-order valence-electron chi connectivity index (χ0n) is 11.3. The molecule has 1 heterocycles. The van der Waals surface area contributed by atoms with Gasteiger partial charge in [0.1, 0.15) is 11.8 Å². The quantitative estimate of drug-likeness (QED) is 0.840. The Morgan fingerprint density at radius 3 is 2.89 bits per heavy atom. The molecule has 0 saturated carbocycles. The fourth-order valence-corrected chi connectivity index (χ4v) is 2.30. The fourth-order valence-electron chi connectivity index (χ4n) is 2.30. The molecule has 5 nitrogen and oxygen atoms in total. The van der Waals surface area contributed by atoms with Gasteiger partial charge in [-0.1, -0.05) is 19.1 Å². The van der Waals surface area contributed by atoms with Gasteiger partial charge in [-0.05, 0) is 18.1 Å². The molecular weight excluding hydrogens is 244 g/mol. The second-order valence-electron chi connectivity index (χ2n) is 4.87. The number of benzene rings is 1. The number of aliphatic hydroxyl groups excluding tert-OH is 1. The van der Waals surface area contributed by atoms with Gasteiger partial charge >= 0.3 is 0 Å². The Labute approximate surface area is 113 Å². The second-order valence-corrected chi connectivity index (χ2v) is 4.87. The predicted octanol–water partition coefficient (Wildman–Crippen LogP) is 0.628. The summed E-state index contributed by atoms with van der Waals surface area (Å²) in [5.74, 6) is 0.864. The minimum absolute atomic E-state index is 0.114. The molecule has 0 aromatic heterocycles. The smallest absolute Gasteiger partial charge is 0.246 e. The molecule has 1 aliphatic heterocycles. The summed E-state index contributed by atoms with van der Waals surface area (Å²) < 4.78 is 5.32. The monoisotopic (exact) mass is 264 g/mol. The molecule has 2 N–H and O–H groups in total. The van der Waals surface area contributed by atoms with Crippen LogP contribution in [0.2, 0.25) is 0 Å². The summed E-state index contributed by atoms with van der Waals surface area (Å²) in [7, 11) is 1.59. The number of carbonyl (C=O) groups is 1. The van der Waals surface area contributed by atoms with Crippen LogP contribution in [0.4, 0.5) is 5.69 Å². The van der Waals surface area contributed by atoms with E-state index in [1.54, 1.807) is 12.0 Å². The van der Waals surface area contributed by atoms with Gasteiger partial charge in [-0.15, -0.1) is 0 Å². The van der Waals surface area contributed by atoms with Crippen molar-refractivity contribution < 1.29 is 14.6 Å². The highest BCUT2D eigenvalue weighted by atomic mass is 16.5. The molecule has 2 rings (SSSR count). The number of ether oxygens (including phenoxy) is 1. The van der Waals surface area contributed by atoms with E-state index in [1.807, 2.05) is 24.3 Å². The molecular formula is C14H20N2O3. The standard InChI is InChI=1S/C14H20N2O3/c1-10-7-15-11(9-17)14(18)16(8-10)12-5-3-4-6-13(12)19-2/h3-6,10-11,15,17H,7-9H2,1-2H3. The van der Waals surface area contributed by atoms with E-state index in [0.29, 0.717) is 24.8 Å². The number of nitrogens with one attached hydrogen (secondary N) is 1. The molecule has 1 aliphatic rings. The van der Waals surface area contributed by atoms with Gasteiger partial charge in [0.2, 0.25) is 5.91 Å². The highest BCUT2D eigenvalue weighted by Gasteiger charge is 2.30. The Morgan fingerprint density at radius 1 is 1.47 bits per heavy atom. The van der Waals surface area contributed by atoms with E-state index >= 15 is 0 Å². The minimum atomic E-state index is -0.546. The molecule has 2 unspecified atom stereocenters. The van der Waals surface area contributed by atoms with E-state index in [2.05, 4.69) is 12.2 Å². The summed E-state index contributed by atoms with van der Waals surface area (Å²) >= 11 is 0. The van der Waals surface area contributed by atoms with E-state index in [-0.39, 0.29) is 12.5 Å². The number of aliphatic hydroxyl groups is 1. The summed E-state index contributed by atoms with van der Waals surface area (Å²) in [5.41, 5.74) is 0.754. The largest absolute Gasteiger partial charge is 0.495 e. The van der Waals surface area contributed by atoms with Gasteiger partial charge in [-0.2, -0.15) is 0 Å². The molecule has 19 heavy (non-hydrogen) atoms. The Bertz CT molecular complexity index is 450. The number of hydrogen-bond donors (Lipinski definition) is 2. The zero-order valence-corrected chi connectivity index (χ0v) is 11.3. The topological polar surface area (TPSA) is 61.8 Å². The lowest BCUT2D eigenvalue weighted by atomic mass is 10.1. The third-order valence-electron chi connectivity index (χ3n) is 3.33. The molecule has 0 aliphatic carbocycles. The molecule has 0 bridgehead atoms. The average Bonchev–Trinajstić information content (AvgIpc) is 2.58. The van der Waals surface area contributed by atoms with Gasteiger partial charge in [0.25, 0.3) is 0 Å². The number of anilines is 1. The van der Waals surface area contributed by atoms with Crippen LogP contribution in [0.1, 0.15) is 6.92 Å². The number of carbonyl (C=O) groups excluding carboxylic acids is 1. The lowest BCUT2D eigenvalue weighted by Crippen LogP contribution is -2.46. The van der Waals surface area contributed by atoms with E-state index in [9.17, 15) is 9.90 Å². The number of rotatable bonds is 3. The van der Waals surface area contributed by atoms with E-state index < -0.39 is 6.04 Å². The van der Waals surface area contributed by atoms with Crippen LogP contribution in [0.3, 0.4) is 0 Å². The predicted molar refractivity (Wildman–Crippen MR) is 73.4 cm³/mol. The summed E-state index contributed by atoms with van der Waals surface area (Å²) in [6.07, 6.45) is 0. The SMILES string of the molecule is COc1ccccc1N1CC(C)CNC(CO)C1=O. The van der Waals surface area contributed by atoms with Crippen molar-refractivity contribution in [2.75, 3.05) is 31.7 Å². The zero-order chi connectivity index (χ0) is 13.8. The molecule has 104 valence electrons. The van der Waals surface area contributed by atoms with Crippen molar-refractivity contribution in [1.82, 2.24) is 5.32 Å². The normalized spacial score (nSPS) is 24.2. The molecule has 5 heteroatoms. The van der Waals surface area contributed by atoms with Gasteiger partial charge < -0.3 is 20.1 Å². The van der Waals surface area contributed by atoms with Crippen LogP contribution in [0.25, 0.3) is 0 Å². The van der Waals surface area contributed by atoms with Gasteiger partial charge in [-0.25, -0.2) is 0 Å². The van der Waals surface area contributed by atoms with Gasteiger partial charge in [0.05, 0.1) is 19.4 Å². The maximum Gasteiger partial charge on any atom is 0.246 e. The van der Waals surface area contributed by atoms with Crippen LogP contribution < -0.4 is 15.0 Å². The van der Waals surface area contributed by atoms with Crippen LogP contribution in [0.5, 0.6) is 5.75 Å². The van der Waals surface area contributed by atoms with Crippen LogP contribution in [-0.2, 0) is 4.79 Å². The van der Waals surface area contributed by atoms with E-state index in [4.69, 9.17) is 4.74 Å². The lowest BCUT2D eigenvalue weighted by molar-refractivity contribution is -0.121. The highest BCUT2D eigenvalue weighted by molar-refractivity contribution is 5.98. The first-order valence-electron chi connectivity index (χ1n) is 6.46. The maximum atomic E-state index is 12.4. The van der Waals surface area contributed by atoms with Crippen LogP contribution in [-0.4, -0.2) is 43.9 Å². The average molecular weight is 264 g/mol. The molecule has 1 aromatic carbocycles. The summed E-state index contributed by atoms with van der Waals surface area (Å²) in [4.78, 5) is 14.1. The van der Waals surface area contributed by atoms with Gasteiger partial charge in [-0.3, -0.25) is 4.79 Å². The number of methoxy groups -OCH3 is 1. The molecule has 1 saturated heterocycles. The van der Waals surface area contributed by atoms with Crippen molar-refractivity contribution >= 4 is 11.6 Å². The number of para-hydroxylation sites is 2. The number of amides is 1. The third kappa shape index (κ3) is 2.88. The molecule has 1 fully saturated rings. The van der Waals surface area contributed by atoms with Crippen molar-refractivity contribution in [3.8, 4) is 5.75 Å². The summed E-state index contributed by atoms with van der Waals surface area (Å²) in [5, 5.41) is 12.4. The van der Waals surface area contributed by atoms with Crippen LogP contribution >= 0.6 is 0 Å². The van der Waals surface area contributed by atoms with E-state index in [0.717, 1.165) is 5.69 Å².